The van der Waals surface area contributed by atoms with E-state index in [4.69, 9.17) is 48.6 Å². The Bertz CT molecular complexity index is 1510. The van der Waals surface area contributed by atoms with Crippen molar-refractivity contribution in [1.82, 2.24) is 19.5 Å². The number of hydrogen-bond donors (Lipinski definition) is 0. The summed E-state index contributed by atoms with van der Waals surface area (Å²) in [6.45, 7) is 5.48. The van der Waals surface area contributed by atoms with Crippen LogP contribution in [-0.4, -0.2) is 68.3 Å². The zero-order valence-corrected chi connectivity index (χ0v) is 24.3. The van der Waals surface area contributed by atoms with Crippen molar-refractivity contribution >= 4 is 52.1 Å². The van der Waals surface area contributed by atoms with Crippen LogP contribution in [0, 0.1) is 17.8 Å². The van der Waals surface area contributed by atoms with Crippen LogP contribution in [0.25, 0.3) is 11.2 Å². The van der Waals surface area contributed by atoms with Gasteiger partial charge in [-0.2, -0.15) is 4.98 Å². The van der Waals surface area contributed by atoms with Crippen molar-refractivity contribution in [2.75, 3.05) is 13.2 Å². The van der Waals surface area contributed by atoms with Crippen LogP contribution >= 0.6 is 23.2 Å². The topological polar surface area (TPSA) is 132 Å². The molecule has 1 aromatic carbocycles. The molecule has 0 aliphatic carbocycles. The van der Waals surface area contributed by atoms with Gasteiger partial charge in [0.25, 0.3) is 0 Å². The molecule has 1 aliphatic rings. The number of aromatic nitrogens is 4. The largest absolute Gasteiger partial charge is 0.463 e. The number of fused-ring (bicyclic) bond motifs is 1. The normalized spacial score (nSPS) is 23.5. The predicted octanol–water partition coefficient (Wildman–Crippen LogP) is 3.75. The Morgan fingerprint density at radius 1 is 1.20 bits per heavy atom. The number of nitrogens with zero attached hydrogens (tertiary/aromatic N) is 4. The lowest BCUT2D eigenvalue weighted by Crippen LogP contribution is -2.53. The fourth-order valence-corrected chi connectivity index (χ4v) is 5.18. The van der Waals surface area contributed by atoms with Crippen molar-refractivity contribution in [3.05, 3.63) is 52.7 Å². The molecule has 1 unspecified atom stereocenters. The number of hydrogen-bond acceptors (Lipinski definition) is 10. The van der Waals surface area contributed by atoms with Crippen LogP contribution in [0.3, 0.4) is 0 Å². The lowest BCUT2D eigenvalue weighted by Gasteiger charge is -2.33. The van der Waals surface area contributed by atoms with Crippen molar-refractivity contribution in [1.29, 1.82) is 0 Å². The number of benzene rings is 1. The van der Waals surface area contributed by atoms with Gasteiger partial charge in [-0.3, -0.25) is 14.2 Å². The van der Waals surface area contributed by atoms with Gasteiger partial charge in [0.15, 0.2) is 28.9 Å². The van der Waals surface area contributed by atoms with E-state index in [9.17, 15) is 14.4 Å². The molecule has 5 atom stereocenters. The van der Waals surface area contributed by atoms with E-state index in [1.807, 2.05) is 6.07 Å². The van der Waals surface area contributed by atoms with E-state index in [-0.39, 0.29) is 41.2 Å². The number of esters is 2. The maximum atomic E-state index is 13.2. The number of ether oxygens (including phenoxy) is 4. The predicted molar refractivity (Wildman–Crippen MR) is 148 cm³/mol. The van der Waals surface area contributed by atoms with E-state index in [0.29, 0.717) is 5.56 Å². The Morgan fingerprint density at radius 3 is 2.51 bits per heavy atom. The zero-order chi connectivity index (χ0) is 29.9. The van der Waals surface area contributed by atoms with Gasteiger partial charge in [-0.15, -0.1) is 6.42 Å². The highest BCUT2D eigenvalue weighted by atomic mass is 35.5. The molecular formula is C28H28Cl2N4O7. The molecule has 3 heterocycles. The van der Waals surface area contributed by atoms with Crippen LogP contribution in [0.5, 0.6) is 0 Å². The molecule has 1 saturated heterocycles. The Balaban J connectivity index is 1.74. The van der Waals surface area contributed by atoms with Gasteiger partial charge in [0.1, 0.15) is 11.6 Å². The van der Waals surface area contributed by atoms with Crippen molar-refractivity contribution < 1.29 is 33.3 Å². The minimum Gasteiger partial charge on any atom is -0.463 e. The molecular weight excluding hydrogens is 575 g/mol. The van der Waals surface area contributed by atoms with Gasteiger partial charge in [-0.25, -0.2) is 14.8 Å². The standard InChI is InChI=1S/C28H28Cl2N4O7/c1-6-27(5)19(14-39-28(16(3)35,25(37)38-7-2)13-18-11-9-8-10-12-18)41-24(21(27)40-17(4)36)34-15-31-20-22(29)32-26(30)33-23(20)34/h1,8-12,15,19,21,24H,7,13-14H2,2-5H3/t19-,21+,24-,27+,28?/m1/s1. The number of rotatable bonds is 10. The second kappa shape index (κ2) is 12.1. The van der Waals surface area contributed by atoms with Crippen LogP contribution in [-0.2, 0) is 39.8 Å². The van der Waals surface area contributed by atoms with Gasteiger partial charge in [0.2, 0.25) is 10.9 Å². The summed E-state index contributed by atoms with van der Waals surface area (Å²) in [6, 6.07) is 8.93. The van der Waals surface area contributed by atoms with Gasteiger partial charge in [-0.05, 0) is 37.9 Å². The molecule has 0 radical (unpaired) electrons. The van der Waals surface area contributed by atoms with Crippen LogP contribution in [0.15, 0.2) is 36.7 Å². The van der Waals surface area contributed by atoms with Gasteiger partial charge in [0, 0.05) is 13.3 Å². The molecule has 1 aliphatic heterocycles. The molecule has 4 rings (SSSR count). The quantitative estimate of drug-likeness (QED) is 0.111. The van der Waals surface area contributed by atoms with Crippen molar-refractivity contribution in [2.45, 2.75) is 58.2 Å². The first-order chi connectivity index (χ1) is 19.5. The molecule has 13 heteroatoms. The summed E-state index contributed by atoms with van der Waals surface area (Å²) >= 11 is 12.2. The number of halogens is 2. The van der Waals surface area contributed by atoms with Crippen molar-refractivity contribution in [2.24, 2.45) is 5.41 Å². The Kier molecular flexibility index (Phi) is 8.99. The fraction of sp³-hybridized carbons (Fsp3) is 0.429. The summed E-state index contributed by atoms with van der Waals surface area (Å²) in [5.74, 6) is 0.659. The van der Waals surface area contributed by atoms with Crippen LogP contribution in [0.2, 0.25) is 10.4 Å². The second-order valence-electron chi connectivity index (χ2n) is 9.66. The van der Waals surface area contributed by atoms with Gasteiger partial charge >= 0.3 is 11.9 Å². The number of imidazole rings is 1. The van der Waals surface area contributed by atoms with E-state index < -0.39 is 47.2 Å². The molecule has 0 amide bonds. The molecule has 1 fully saturated rings. The first-order valence-corrected chi connectivity index (χ1v) is 13.4. The average Bonchev–Trinajstić information content (AvgIpc) is 3.46. The van der Waals surface area contributed by atoms with E-state index in [0.717, 1.165) is 0 Å². The molecule has 0 N–H and O–H groups in total. The van der Waals surface area contributed by atoms with E-state index in [2.05, 4.69) is 20.9 Å². The van der Waals surface area contributed by atoms with Gasteiger partial charge < -0.3 is 18.9 Å². The number of carbonyl (C=O) groups excluding carboxylic acids is 3. The zero-order valence-electron chi connectivity index (χ0n) is 22.8. The highest BCUT2D eigenvalue weighted by Crippen LogP contribution is 2.46. The lowest BCUT2D eigenvalue weighted by atomic mass is 9.81. The number of Topliss-reactive ketones (excluding diaryl/α,β-unsaturated/α-hetero) is 1. The summed E-state index contributed by atoms with van der Waals surface area (Å²) in [5, 5.41) is -0.116. The number of carbonyl (C=O) groups is 3. The fourth-order valence-electron chi connectivity index (χ4n) is 4.76. The summed E-state index contributed by atoms with van der Waals surface area (Å²) in [6.07, 6.45) is 4.21. The Morgan fingerprint density at radius 2 is 1.90 bits per heavy atom. The highest BCUT2D eigenvalue weighted by molar-refractivity contribution is 6.35. The molecule has 2 aromatic heterocycles. The maximum Gasteiger partial charge on any atom is 0.346 e. The molecule has 0 spiro atoms. The van der Waals surface area contributed by atoms with Crippen LogP contribution in [0.4, 0.5) is 0 Å². The third-order valence-electron chi connectivity index (χ3n) is 7.00. The summed E-state index contributed by atoms with van der Waals surface area (Å²) in [7, 11) is 0. The van der Waals surface area contributed by atoms with Crippen LogP contribution in [0.1, 0.15) is 39.5 Å². The van der Waals surface area contributed by atoms with Gasteiger partial charge in [0.05, 0.1) is 25.0 Å². The Hall–Kier alpha value is -3.56. The highest BCUT2D eigenvalue weighted by Gasteiger charge is 2.58. The van der Waals surface area contributed by atoms with E-state index in [1.165, 1.54) is 24.7 Å². The van der Waals surface area contributed by atoms with E-state index >= 15 is 0 Å². The van der Waals surface area contributed by atoms with E-state index in [1.54, 1.807) is 38.1 Å². The molecule has 0 bridgehead atoms. The number of ketones is 1. The maximum absolute atomic E-state index is 13.2. The van der Waals surface area contributed by atoms with Crippen molar-refractivity contribution in [3.63, 3.8) is 0 Å². The lowest BCUT2D eigenvalue weighted by molar-refractivity contribution is -0.182. The minimum atomic E-state index is -1.98. The first kappa shape index (κ1) is 30.4. The summed E-state index contributed by atoms with van der Waals surface area (Å²) < 4.78 is 24.9. The summed E-state index contributed by atoms with van der Waals surface area (Å²) in [4.78, 5) is 50.9. The van der Waals surface area contributed by atoms with Gasteiger partial charge in [-0.1, -0.05) is 47.9 Å². The molecule has 3 aromatic rings. The van der Waals surface area contributed by atoms with Crippen molar-refractivity contribution in [3.8, 4) is 12.3 Å². The molecule has 11 nitrogen and oxygen atoms in total. The third kappa shape index (κ3) is 5.78. The smallest absolute Gasteiger partial charge is 0.346 e. The minimum absolute atomic E-state index is 0.0157. The monoisotopic (exact) mass is 602 g/mol. The molecule has 0 saturated carbocycles. The average molecular weight is 603 g/mol. The second-order valence-corrected chi connectivity index (χ2v) is 10.4. The SMILES string of the molecule is C#C[C@@]1(C)[C@@H](COC(Cc2ccccc2)(C(C)=O)C(=O)OCC)O[C@@H](n2cnc3c(Cl)nc(Cl)nc32)[C@@H]1OC(C)=O. The van der Waals surface area contributed by atoms with Crippen LogP contribution < -0.4 is 0 Å². The Labute approximate surface area is 246 Å². The first-order valence-electron chi connectivity index (χ1n) is 12.7. The summed E-state index contributed by atoms with van der Waals surface area (Å²) in [5.41, 5.74) is -2.15. The third-order valence-corrected chi connectivity index (χ3v) is 7.44. The number of terminal acetylenes is 1. The molecule has 216 valence electrons. The molecule has 41 heavy (non-hydrogen) atoms.